The standard InChI is InChI=1S/C13H16BrFN2O2/c1-17(8-10-7-16-4-5-19-10)13(18)11-3-2-9(15)6-12(11)14/h2-3,6,10,16H,4-5,7-8H2,1H3. The molecule has 1 fully saturated rings. The number of nitrogens with zero attached hydrogens (tertiary/aromatic N) is 1. The van der Waals surface area contributed by atoms with E-state index in [4.69, 9.17) is 4.74 Å². The fraction of sp³-hybridized carbons (Fsp3) is 0.462. The number of nitrogens with one attached hydrogen (secondary N) is 1. The number of amides is 1. The summed E-state index contributed by atoms with van der Waals surface area (Å²) in [5, 5.41) is 3.22. The third-order valence-electron chi connectivity index (χ3n) is 2.99. The zero-order chi connectivity index (χ0) is 13.8. The van der Waals surface area contributed by atoms with Crippen molar-refractivity contribution in [2.75, 3.05) is 33.3 Å². The van der Waals surface area contributed by atoms with Gasteiger partial charge in [-0.3, -0.25) is 4.79 Å². The van der Waals surface area contributed by atoms with Gasteiger partial charge in [-0.25, -0.2) is 4.39 Å². The van der Waals surface area contributed by atoms with E-state index in [1.165, 1.54) is 18.2 Å². The molecule has 1 N–H and O–H groups in total. The molecular weight excluding hydrogens is 315 g/mol. The summed E-state index contributed by atoms with van der Waals surface area (Å²) in [5.41, 5.74) is 0.452. The molecule has 0 radical (unpaired) electrons. The molecule has 1 aliphatic rings. The number of carbonyl (C=O) groups excluding carboxylic acids is 1. The molecule has 0 bridgehead atoms. The number of hydrogen-bond donors (Lipinski definition) is 1. The molecule has 0 aromatic heterocycles. The van der Waals surface area contributed by atoms with Crippen molar-refractivity contribution in [1.82, 2.24) is 10.2 Å². The number of morpholine rings is 1. The Morgan fingerprint density at radius 2 is 2.42 bits per heavy atom. The number of hydrogen-bond acceptors (Lipinski definition) is 3. The van der Waals surface area contributed by atoms with Crippen molar-refractivity contribution in [2.24, 2.45) is 0 Å². The van der Waals surface area contributed by atoms with Crippen molar-refractivity contribution in [3.05, 3.63) is 34.1 Å². The molecule has 6 heteroatoms. The maximum Gasteiger partial charge on any atom is 0.254 e. The second kappa shape index (κ2) is 6.45. The van der Waals surface area contributed by atoms with Gasteiger partial charge >= 0.3 is 0 Å². The summed E-state index contributed by atoms with van der Waals surface area (Å²) in [6.45, 7) is 2.75. The van der Waals surface area contributed by atoms with Crippen LogP contribution in [0.1, 0.15) is 10.4 Å². The zero-order valence-corrected chi connectivity index (χ0v) is 12.2. The smallest absolute Gasteiger partial charge is 0.254 e. The van der Waals surface area contributed by atoms with Gasteiger partial charge < -0.3 is 15.0 Å². The summed E-state index contributed by atoms with van der Waals surface area (Å²) in [4.78, 5) is 13.8. The predicted molar refractivity (Wildman–Crippen MR) is 73.7 cm³/mol. The summed E-state index contributed by atoms with van der Waals surface area (Å²) >= 11 is 3.21. The van der Waals surface area contributed by atoms with Crippen LogP contribution >= 0.6 is 15.9 Å². The van der Waals surface area contributed by atoms with Gasteiger partial charge in [0.25, 0.3) is 5.91 Å². The monoisotopic (exact) mass is 330 g/mol. The molecule has 0 spiro atoms. The van der Waals surface area contributed by atoms with Gasteiger partial charge in [-0.1, -0.05) is 0 Å². The van der Waals surface area contributed by atoms with Crippen molar-refractivity contribution in [2.45, 2.75) is 6.10 Å². The lowest BCUT2D eigenvalue weighted by molar-refractivity contribution is 0.0103. The number of rotatable bonds is 3. The van der Waals surface area contributed by atoms with Gasteiger partial charge in [0.1, 0.15) is 5.82 Å². The van der Waals surface area contributed by atoms with Crippen molar-refractivity contribution in [1.29, 1.82) is 0 Å². The van der Waals surface area contributed by atoms with Crippen LogP contribution in [0, 0.1) is 5.82 Å². The first kappa shape index (κ1) is 14.4. The van der Waals surface area contributed by atoms with Crippen molar-refractivity contribution < 1.29 is 13.9 Å². The van der Waals surface area contributed by atoms with Gasteiger partial charge in [-0.05, 0) is 34.1 Å². The predicted octanol–water partition coefficient (Wildman–Crippen LogP) is 1.65. The molecule has 1 aromatic carbocycles. The molecule has 1 heterocycles. The van der Waals surface area contributed by atoms with E-state index < -0.39 is 0 Å². The molecule has 104 valence electrons. The van der Waals surface area contributed by atoms with Crippen LogP contribution in [0.15, 0.2) is 22.7 Å². The van der Waals surface area contributed by atoms with E-state index >= 15 is 0 Å². The number of likely N-dealkylation sites (N-methyl/N-ethyl adjacent to an activating group) is 1. The highest BCUT2D eigenvalue weighted by Gasteiger charge is 2.20. The number of benzene rings is 1. The highest BCUT2D eigenvalue weighted by atomic mass is 79.9. The average Bonchev–Trinajstić information content (AvgIpc) is 2.39. The van der Waals surface area contributed by atoms with Crippen molar-refractivity contribution in [3.8, 4) is 0 Å². The van der Waals surface area contributed by atoms with E-state index in [1.54, 1.807) is 11.9 Å². The Hall–Kier alpha value is -0.980. The first-order chi connectivity index (χ1) is 9.08. The Balaban J connectivity index is 2.01. The van der Waals surface area contributed by atoms with Crippen LogP contribution in [0.2, 0.25) is 0 Å². The quantitative estimate of drug-likeness (QED) is 0.916. The maximum atomic E-state index is 13.0. The lowest BCUT2D eigenvalue weighted by Crippen LogP contribution is -2.45. The van der Waals surface area contributed by atoms with Crippen LogP contribution in [0.5, 0.6) is 0 Å². The molecule has 2 rings (SSSR count). The molecule has 1 atom stereocenters. The normalized spacial score (nSPS) is 19.2. The largest absolute Gasteiger partial charge is 0.374 e. The Morgan fingerprint density at radius 3 is 3.05 bits per heavy atom. The van der Waals surface area contributed by atoms with Crippen LogP contribution < -0.4 is 5.32 Å². The van der Waals surface area contributed by atoms with Crippen LogP contribution in [0.25, 0.3) is 0 Å². The minimum atomic E-state index is -0.370. The lowest BCUT2D eigenvalue weighted by Gasteiger charge is -2.28. The summed E-state index contributed by atoms with van der Waals surface area (Å²) in [6.07, 6.45) is 0.00178. The summed E-state index contributed by atoms with van der Waals surface area (Å²) in [6, 6.07) is 4.06. The summed E-state index contributed by atoms with van der Waals surface area (Å²) in [5.74, 6) is -0.521. The van der Waals surface area contributed by atoms with E-state index in [0.29, 0.717) is 23.2 Å². The number of halogens is 2. The van der Waals surface area contributed by atoms with Crippen LogP contribution in [-0.4, -0.2) is 50.2 Å². The van der Waals surface area contributed by atoms with Crippen LogP contribution in [0.4, 0.5) is 4.39 Å². The lowest BCUT2D eigenvalue weighted by atomic mass is 10.2. The van der Waals surface area contributed by atoms with E-state index in [2.05, 4.69) is 21.2 Å². The zero-order valence-electron chi connectivity index (χ0n) is 10.7. The maximum absolute atomic E-state index is 13.0. The second-order valence-electron chi connectivity index (χ2n) is 4.51. The van der Waals surface area contributed by atoms with Gasteiger partial charge in [0.05, 0.1) is 18.3 Å². The molecule has 19 heavy (non-hydrogen) atoms. The van der Waals surface area contributed by atoms with Crippen molar-refractivity contribution >= 4 is 21.8 Å². The molecular formula is C13H16BrFN2O2. The van der Waals surface area contributed by atoms with E-state index in [0.717, 1.165) is 13.1 Å². The average molecular weight is 331 g/mol. The Kier molecular flexibility index (Phi) is 4.90. The van der Waals surface area contributed by atoms with Gasteiger partial charge in [0, 0.05) is 31.2 Å². The van der Waals surface area contributed by atoms with Gasteiger partial charge in [0.2, 0.25) is 0 Å². The number of ether oxygens (including phenoxy) is 1. The van der Waals surface area contributed by atoms with E-state index in [-0.39, 0.29) is 17.8 Å². The topological polar surface area (TPSA) is 41.6 Å². The highest BCUT2D eigenvalue weighted by Crippen LogP contribution is 2.19. The molecule has 1 saturated heterocycles. The second-order valence-corrected chi connectivity index (χ2v) is 5.36. The SMILES string of the molecule is CN(CC1CNCCO1)C(=O)c1ccc(F)cc1Br. The molecule has 1 aromatic rings. The molecule has 1 aliphatic heterocycles. The highest BCUT2D eigenvalue weighted by molar-refractivity contribution is 9.10. The van der Waals surface area contributed by atoms with E-state index in [1.807, 2.05) is 0 Å². The molecule has 1 amide bonds. The van der Waals surface area contributed by atoms with Crippen LogP contribution in [0.3, 0.4) is 0 Å². The third-order valence-corrected chi connectivity index (χ3v) is 3.65. The van der Waals surface area contributed by atoms with Crippen LogP contribution in [-0.2, 0) is 4.74 Å². The first-order valence-corrected chi connectivity index (χ1v) is 6.90. The Labute approximate surface area is 120 Å². The number of carbonyl (C=O) groups is 1. The first-order valence-electron chi connectivity index (χ1n) is 6.11. The van der Waals surface area contributed by atoms with Gasteiger partial charge in [-0.15, -0.1) is 0 Å². The summed E-state index contributed by atoms with van der Waals surface area (Å²) < 4.78 is 19.0. The molecule has 4 nitrogen and oxygen atoms in total. The van der Waals surface area contributed by atoms with Gasteiger partial charge in [0.15, 0.2) is 0 Å². The molecule has 1 unspecified atom stereocenters. The fourth-order valence-electron chi connectivity index (χ4n) is 1.99. The minimum Gasteiger partial charge on any atom is -0.374 e. The molecule has 0 saturated carbocycles. The fourth-order valence-corrected chi connectivity index (χ4v) is 2.51. The van der Waals surface area contributed by atoms with Gasteiger partial charge in [-0.2, -0.15) is 0 Å². The van der Waals surface area contributed by atoms with E-state index in [9.17, 15) is 9.18 Å². The Morgan fingerprint density at radius 1 is 1.63 bits per heavy atom. The molecule has 0 aliphatic carbocycles. The van der Waals surface area contributed by atoms with Crippen molar-refractivity contribution in [3.63, 3.8) is 0 Å². The summed E-state index contributed by atoms with van der Waals surface area (Å²) in [7, 11) is 1.72. The third kappa shape index (κ3) is 3.75. The minimum absolute atomic E-state index is 0.00178. The Bertz CT molecular complexity index is 464.